The van der Waals surface area contributed by atoms with Gasteiger partial charge in [0.1, 0.15) is 5.54 Å². The van der Waals surface area contributed by atoms with Gasteiger partial charge in [0, 0.05) is 5.88 Å². The van der Waals surface area contributed by atoms with Crippen molar-refractivity contribution >= 4 is 23.4 Å². The Hall–Kier alpha value is -0.770. The van der Waals surface area contributed by atoms with Crippen LogP contribution in [-0.4, -0.2) is 23.2 Å². The molecule has 3 N–H and O–H groups in total. The van der Waals surface area contributed by atoms with Crippen molar-refractivity contribution in [1.82, 2.24) is 5.32 Å². The average Bonchev–Trinajstić information content (AvgIpc) is 2.03. The van der Waals surface area contributed by atoms with Crippen LogP contribution >= 0.6 is 11.6 Å². The lowest BCUT2D eigenvalue weighted by Gasteiger charge is -2.28. The normalized spacial score (nSPS) is 12.4. The molecule has 0 rings (SSSR count). The van der Waals surface area contributed by atoms with Gasteiger partial charge in [-0.1, -0.05) is 0 Å². The van der Waals surface area contributed by atoms with E-state index in [1.165, 1.54) is 0 Å². The Kier molecular flexibility index (Phi) is 3.94. The van der Waals surface area contributed by atoms with E-state index in [4.69, 9.17) is 17.3 Å². The Bertz CT molecular complexity index is 249. The van der Waals surface area contributed by atoms with Gasteiger partial charge in [0.2, 0.25) is 11.8 Å². The molecule has 82 valence electrons. The Morgan fingerprint density at radius 3 is 2.00 bits per heavy atom. The molecule has 0 radical (unpaired) electrons. The summed E-state index contributed by atoms with van der Waals surface area (Å²) in [4.78, 5) is 22.6. The topological polar surface area (TPSA) is 72.2 Å². The first-order chi connectivity index (χ1) is 6.13. The van der Waals surface area contributed by atoms with Gasteiger partial charge in [0.25, 0.3) is 0 Å². The van der Waals surface area contributed by atoms with Gasteiger partial charge in [-0.25, -0.2) is 0 Å². The van der Waals surface area contributed by atoms with Crippen molar-refractivity contribution in [2.45, 2.75) is 33.2 Å². The zero-order valence-electron chi connectivity index (χ0n) is 8.98. The van der Waals surface area contributed by atoms with Crippen molar-refractivity contribution < 1.29 is 9.59 Å². The molecule has 0 unspecified atom stereocenters. The van der Waals surface area contributed by atoms with Gasteiger partial charge in [-0.15, -0.1) is 11.6 Å². The van der Waals surface area contributed by atoms with Gasteiger partial charge in [0.15, 0.2) is 0 Å². The summed E-state index contributed by atoms with van der Waals surface area (Å²) in [5.41, 5.74) is 3.38. The third kappa shape index (κ3) is 3.18. The van der Waals surface area contributed by atoms with Crippen molar-refractivity contribution in [1.29, 1.82) is 0 Å². The number of carbonyl (C=O) groups is 2. The highest BCUT2D eigenvalue weighted by molar-refractivity contribution is 6.19. The molecule has 0 saturated heterocycles. The maximum Gasteiger partial charge on any atom is 0.242 e. The van der Waals surface area contributed by atoms with E-state index in [0.717, 1.165) is 0 Å². The third-order valence-electron chi connectivity index (χ3n) is 1.99. The lowest BCUT2D eigenvalue weighted by Crippen LogP contribution is -2.56. The first-order valence-electron chi connectivity index (χ1n) is 4.32. The van der Waals surface area contributed by atoms with Gasteiger partial charge in [-0.2, -0.15) is 0 Å². The van der Waals surface area contributed by atoms with Crippen LogP contribution in [0.2, 0.25) is 0 Å². The first kappa shape index (κ1) is 13.2. The number of halogens is 1. The van der Waals surface area contributed by atoms with Crippen LogP contribution < -0.4 is 11.1 Å². The molecule has 0 aromatic heterocycles. The number of carbonyl (C=O) groups excluding carboxylic acids is 2. The fourth-order valence-corrected chi connectivity index (χ4v) is 0.697. The number of amides is 2. The molecule has 4 nitrogen and oxygen atoms in total. The van der Waals surface area contributed by atoms with Crippen LogP contribution in [0.25, 0.3) is 0 Å². The van der Waals surface area contributed by atoms with Crippen LogP contribution in [0.4, 0.5) is 0 Å². The Labute approximate surface area is 89.2 Å². The van der Waals surface area contributed by atoms with Crippen LogP contribution in [0.1, 0.15) is 27.7 Å². The number of hydrogen-bond acceptors (Lipinski definition) is 2. The molecule has 0 aromatic rings. The Morgan fingerprint density at radius 2 is 1.71 bits per heavy atom. The standard InChI is InChI=1S/C9H17ClN2O2/c1-8(2,5-10)7(14)12-9(3,4)6(11)13/h5H2,1-4H3,(H2,11,13)(H,12,14). The van der Waals surface area contributed by atoms with Crippen LogP contribution in [0, 0.1) is 5.41 Å². The molecule has 0 aliphatic heterocycles. The van der Waals surface area contributed by atoms with E-state index < -0.39 is 16.9 Å². The largest absolute Gasteiger partial charge is 0.368 e. The molecule has 0 fully saturated rings. The second kappa shape index (κ2) is 4.17. The van der Waals surface area contributed by atoms with Crippen LogP contribution in [0.5, 0.6) is 0 Å². The van der Waals surface area contributed by atoms with Crippen molar-refractivity contribution in [2.24, 2.45) is 11.1 Å². The predicted octanol–water partition coefficient (Wildman–Crippen LogP) is 0.632. The number of hydrogen-bond donors (Lipinski definition) is 2. The number of nitrogens with two attached hydrogens (primary N) is 1. The summed E-state index contributed by atoms with van der Waals surface area (Å²) >= 11 is 5.62. The minimum absolute atomic E-state index is 0.188. The van der Waals surface area contributed by atoms with E-state index in [0.29, 0.717) is 0 Å². The molecule has 0 saturated carbocycles. The molecular weight excluding hydrogens is 204 g/mol. The summed E-state index contributed by atoms with van der Waals surface area (Å²) in [5.74, 6) is -0.666. The fraction of sp³-hybridized carbons (Fsp3) is 0.778. The molecule has 0 heterocycles. The van der Waals surface area contributed by atoms with Crippen molar-refractivity contribution in [3.8, 4) is 0 Å². The summed E-state index contributed by atoms with van der Waals surface area (Å²) in [6.45, 7) is 6.51. The summed E-state index contributed by atoms with van der Waals surface area (Å²) in [7, 11) is 0. The highest BCUT2D eigenvalue weighted by Crippen LogP contribution is 2.18. The molecule has 0 aromatic carbocycles. The van der Waals surface area contributed by atoms with E-state index in [-0.39, 0.29) is 11.8 Å². The van der Waals surface area contributed by atoms with Gasteiger partial charge in [0.05, 0.1) is 5.41 Å². The summed E-state index contributed by atoms with van der Waals surface area (Å²) in [5, 5.41) is 2.55. The molecule has 0 aliphatic carbocycles. The van der Waals surface area contributed by atoms with E-state index >= 15 is 0 Å². The number of nitrogens with one attached hydrogen (secondary N) is 1. The van der Waals surface area contributed by atoms with E-state index in [9.17, 15) is 9.59 Å². The van der Waals surface area contributed by atoms with Gasteiger partial charge < -0.3 is 11.1 Å². The fourth-order valence-electron chi connectivity index (χ4n) is 0.575. The predicted molar refractivity (Wildman–Crippen MR) is 55.9 cm³/mol. The molecule has 0 spiro atoms. The zero-order valence-corrected chi connectivity index (χ0v) is 9.73. The Balaban J connectivity index is 4.56. The lowest BCUT2D eigenvalue weighted by atomic mass is 9.93. The zero-order chi connectivity index (χ0) is 11.6. The number of rotatable bonds is 4. The second-order valence-corrected chi connectivity index (χ2v) is 4.73. The molecule has 0 aliphatic rings. The Morgan fingerprint density at radius 1 is 1.29 bits per heavy atom. The van der Waals surface area contributed by atoms with Gasteiger partial charge in [-0.3, -0.25) is 9.59 Å². The SMILES string of the molecule is CC(C)(CCl)C(=O)NC(C)(C)C(N)=O. The van der Waals surface area contributed by atoms with Crippen LogP contribution in [-0.2, 0) is 9.59 Å². The average molecular weight is 221 g/mol. The molecular formula is C9H17ClN2O2. The van der Waals surface area contributed by atoms with E-state index in [2.05, 4.69) is 5.32 Å². The number of primary amides is 1. The highest BCUT2D eigenvalue weighted by atomic mass is 35.5. The molecule has 14 heavy (non-hydrogen) atoms. The quantitative estimate of drug-likeness (QED) is 0.683. The van der Waals surface area contributed by atoms with Crippen molar-refractivity contribution in [3.05, 3.63) is 0 Å². The van der Waals surface area contributed by atoms with Crippen LogP contribution in [0.3, 0.4) is 0 Å². The molecule has 0 bridgehead atoms. The second-order valence-electron chi connectivity index (χ2n) is 4.46. The maximum absolute atomic E-state index is 11.6. The summed E-state index contributed by atoms with van der Waals surface area (Å²) in [6, 6.07) is 0. The third-order valence-corrected chi connectivity index (χ3v) is 2.66. The lowest BCUT2D eigenvalue weighted by molar-refractivity contribution is -0.134. The van der Waals surface area contributed by atoms with Crippen molar-refractivity contribution in [3.63, 3.8) is 0 Å². The van der Waals surface area contributed by atoms with E-state index in [1.54, 1.807) is 27.7 Å². The monoisotopic (exact) mass is 220 g/mol. The van der Waals surface area contributed by atoms with Crippen LogP contribution in [0.15, 0.2) is 0 Å². The molecule has 5 heteroatoms. The van der Waals surface area contributed by atoms with Gasteiger partial charge in [-0.05, 0) is 27.7 Å². The maximum atomic E-state index is 11.6. The smallest absolute Gasteiger partial charge is 0.242 e. The van der Waals surface area contributed by atoms with Gasteiger partial charge >= 0.3 is 0 Å². The minimum Gasteiger partial charge on any atom is -0.368 e. The first-order valence-corrected chi connectivity index (χ1v) is 4.85. The highest BCUT2D eigenvalue weighted by Gasteiger charge is 2.33. The molecule has 0 atom stereocenters. The molecule has 2 amide bonds. The van der Waals surface area contributed by atoms with E-state index in [1.807, 2.05) is 0 Å². The minimum atomic E-state index is -1.04. The summed E-state index contributed by atoms with van der Waals surface area (Å²) in [6.07, 6.45) is 0. The summed E-state index contributed by atoms with van der Waals surface area (Å²) < 4.78 is 0. The van der Waals surface area contributed by atoms with Crippen molar-refractivity contribution in [2.75, 3.05) is 5.88 Å². The number of alkyl halides is 1.